The minimum atomic E-state index is -0.0879. The summed E-state index contributed by atoms with van der Waals surface area (Å²) < 4.78 is 11.2. The van der Waals surface area contributed by atoms with E-state index in [0.717, 1.165) is 49.8 Å². The van der Waals surface area contributed by atoms with Gasteiger partial charge in [0, 0.05) is 38.3 Å². The monoisotopic (exact) mass is 397 g/mol. The van der Waals surface area contributed by atoms with E-state index in [9.17, 15) is 4.79 Å². The van der Waals surface area contributed by atoms with Crippen molar-refractivity contribution in [3.05, 3.63) is 60.2 Å². The van der Waals surface area contributed by atoms with Gasteiger partial charge in [0.2, 0.25) is 5.91 Å². The van der Waals surface area contributed by atoms with Crippen LogP contribution >= 0.6 is 0 Å². The Morgan fingerprint density at radius 2 is 1.66 bits per heavy atom. The molecule has 1 unspecified atom stereocenters. The van der Waals surface area contributed by atoms with Crippen LogP contribution in [0.15, 0.2) is 54.6 Å². The van der Waals surface area contributed by atoms with E-state index in [1.165, 1.54) is 0 Å². The summed E-state index contributed by atoms with van der Waals surface area (Å²) >= 11 is 0. The third-order valence-electron chi connectivity index (χ3n) is 5.23. The lowest BCUT2D eigenvalue weighted by Crippen LogP contribution is -2.50. The maximum atomic E-state index is 12.5. The molecule has 3 rings (SSSR count). The van der Waals surface area contributed by atoms with Crippen molar-refractivity contribution in [1.29, 1.82) is 0 Å². The maximum Gasteiger partial charge on any atom is 0.234 e. The molecule has 1 aliphatic heterocycles. The summed E-state index contributed by atoms with van der Waals surface area (Å²) in [5.41, 5.74) is 0.992. The molecule has 0 aliphatic carbocycles. The van der Waals surface area contributed by atoms with Crippen LogP contribution in [0, 0.1) is 0 Å². The molecule has 1 atom stereocenters. The predicted octanol–water partition coefficient (Wildman–Crippen LogP) is 2.57. The molecule has 1 heterocycles. The largest absolute Gasteiger partial charge is 0.496 e. The van der Waals surface area contributed by atoms with Crippen LogP contribution in [0.2, 0.25) is 0 Å². The van der Waals surface area contributed by atoms with Crippen molar-refractivity contribution in [2.24, 2.45) is 0 Å². The van der Waals surface area contributed by atoms with E-state index >= 15 is 0 Å². The van der Waals surface area contributed by atoms with Crippen molar-refractivity contribution >= 4 is 5.91 Å². The molecule has 1 amide bonds. The summed E-state index contributed by atoms with van der Waals surface area (Å²) in [6, 6.07) is 17.6. The Morgan fingerprint density at radius 3 is 2.38 bits per heavy atom. The Bertz CT molecular complexity index is 761. The predicted molar refractivity (Wildman–Crippen MR) is 114 cm³/mol. The fourth-order valence-corrected chi connectivity index (χ4v) is 3.57. The zero-order valence-corrected chi connectivity index (χ0v) is 17.3. The van der Waals surface area contributed by atoms with Gasteiger partial charge in [0.1, 0.15) is 18.1 Å². The third kappa shape index (κ3) is 6.48. The number of amides is 1. The topological polar surface area (TPSA) is 54.0 Å². The molecule has 1 saturated heterocycles. The maximum absolute atomic E-state index is 12.5. The lowest BCUT2D eigenvalue weighted by Gasteiger charge is -2.34. The van der Waals surface area contributed by atoms with Crippen LogP contribution in [0.25, 0.3) is 0 Å². The van der Waals surface area contributed by atoms with E-state index < -0.39 is 0 Å². The van der Waals surface area contributed by atoms with E-state index in [1.807, 2.05) is 61.5 Å². The Hall–Kier alpha value is -2.57. The molecule has 29 heavy (non-hydrogen) atoms. The van der Waals surface area contributed by atoms with Gasteiger partial charge in [-0.1, -0.05) is 36.4 Å². The molecule has 1 N–H and O–H groups in total. The number of methoxy groups -OCH3 is 1. The zero-order chi connectivity index (χ0) is 20.5. The molecule has 6 heteroatoms. The lowest BCUT2D eigenvalue weighted by molar-refractivity contribution is -0.123. The zero-order valence-electron chi connectivity index (χ0n) is 17.3. The highest BCUT2D eigenvalue weighted by molar-refractivity contribution is 5.78. The van der Waals surface area contributed by atoms with Crippen molar-refractivity contribution in [2.45, 2.75) is 13.0 Å². The molecule has 0 bridgehead atoms. The van der Waals surface area contributed by atoms with E-state index in [2.05, 4.69) is 15.1 Å². The average molecular weight is 398 g/mol. The molecule has 1 aliphatic rings. The number of ether oxygens (including phenoxy) is 2. The first kappa shape index (κ1) is 21.1. The van der Waals surface area contributed by atoms with Gasteiger partial charge < -0.3 is 14.8 Å². The molecule has 2 aromatic rings. The van der Waals surface area contributed by atoms with Gasteiger partial charge in [-0.3, -0.25) is 14.6 Å². The molecule has 2 aromatic carbocycles. The number of nitrogens with zero attached hydrogens (tertiary/aromatic N) is 2. The second-order valence-corrected chi connectivity index (χ2v) is 7.31. The Morgan fingerprint density at radius 1 is 1.00 bits per heavy atom. The van der Waals surface area contributed by atoms with Crippen LogP contribution in [-0.4, -0.2) is 68.7 Å². The summed E-state index contributed by atoms with van der Waals surface area (Å²) in [7, 11) is 1.65. The van der Waals surface area contributed by atoms with Crippen LogP contribution in [0.1, 0.15) is 18.5 Å². The molecule has 0 saturated carbocycles. The number of para-hydroxylation sites is 2. The number of carbonyl (C=O) groups is 1. The van der Waals surface area contributed by atoms with Gasteiger partial charge in [0.15, 0.2) is 0 Å². The first-order valence-corrected chi connectivity index (χ1v) is 10.2. The van der Waals surface area contributed by atoms with Crippen LogP contribution < -0.4 is 14.8 Å². The average Bonchev–Trinajstić information content (AvgIpc) is 2.75. The van der Waals surface area contributed by atoms with Gasteiger partial charge in [-0.2, -0.15) is 0 Å². The number of benzene rings is 2. The Labute approximate surface area is 173 Å². The van der Waals surface area contributed by atoms with Gasteiger partial charge in [-0.25, -0.2) is 0 Å². The number of rotatable bonds is 9. The van der Waals surface area contributed by atoms with Crippen molar-refractivity contribution in [1.82, 2.24) is 15.1 Å². The van der Waals surface area contributed by atoms with Gasteiger partial charge in [0.25, 0.3) is 0 Å². The Balaban J connectivity index is 1.36. The van der Waals surface area contributed by atoms with Crippen LogP contribution in [0.5, 0.6) is 11.5 Å². The Kier molecular flexibility index (Phi) is 7.90. The normalized spacial score (nSPS) is 16.2. The van der Waals surface area contributed by atoms with Crippen molar-refractivity contribution in [3.8, 4) is 11.5 Å². The second kappa shape index (κ2) is 10.8. The number of hydrogen-bond acceptors (Lipinski definition) is 5. The summed E-state index contributed by atoms with van der Waals surface area (Å²) in [5, 5.41) is 3.09. The summed E-state index contributed by atoms with van der Waals surface area (Å²) in [6.07, 6.45) is 0. The summed E-state index contributed by atoms with van der Waals surface area (Å²) in [5.74, 6) is 1.75. The van der Waals surface area contributed by atoms with E-state index in [1.54, 1.807) is 7.11 Å². The second-order valence-electron chi connectivity index (χ2n) is 7.31. The van der Waals surface area contributed by atoms with E-state index in [-0.39, 0.29) is 11.9 Å². The fourth-order valence-electron chi connectivity index (χ4n) is 3.57. The first-order chi connectivity index (χ1) is 14.2. The summed E-state index contributed by atoms with van der Waals surface area (Å²) in [6.45, 7) is 7.68. The molecular weight excluding hydrogens is 366 g/mol. The van der Waals surface area contributed by atoms with Gasteiger partial charge in [0.05, 0.1) is 19.7 Å². The third-order valence-corrected chi connectivity index (χ3v) is 5.23. The van der Waals surface area contributed by atoms with Gasteiger partial charge in [-0.15, -0.1) is 0 Å². The number of nitrogens with one attached hydrogen (secondary N) is 1. The van der Waals surface area contributed by atoms with Crippen molar-refractivity contribution in [2.75, 3.05) is 53.0 Å². The number of carbonyl (C=O) groups excluding carboxylic acids is 1. The first-order valence-electron chi connectivity index (χ1n) is 10.2. The number of piperazine rings is 1. The summed E-state index contributed by atoms with van der Waals surface area (Å²) in [4.78, 5) is 17.1. The minimum Gasteiger partial charge on any atom is -0.496 e. The highest BCUT2D eigenvalue weighted by Gasteiger charge is 2.20. The highest BCUT2D eigenvalue weighted by atomic mass is 16.5. The van der Waals surface area contributed by atoms with Crippen molar-refractivity contribution in [3.63, 3.8) is 0 Å². The lowest BCUT2D eigenvalue weighted by atomic mass is 10.1. The van der Waals surface area contributed by atoms with Crippen LogP contribution in [0.3, 0.4) is 0 Å². The quantitative estimate of drug-likeness (QED) is 0.705. The molecule has 1 fully saturated rings. The molecular formula is C23H31N3O3. The van der Waals surface area contributed by atoms with E-state index in [4.69, 9.17) is 9.47 Å². The fraction of sp³-hybridized carbons (Fsp3) is 0.435. The van der Waals surface area contributed by atoms with Crippen LogP contribution in [-0.2, 0) is 4.79 Å². The van der Waals surface area contributed by atoms with Crippen molar-refractivity contribution < 1.29 is 14.3 Å². The van der Waals surface area contributed by atoms with Gasteiger partial charge in [-0.05, 0) is 25.1 Å². The molecule has 0 radical (unpaired) electrons. The van der Waals surface area contributed by atoms with Crippen LogP contribution in [0.4, 0.5) is 0 Å². The SMILES string of the molecule is COc1ccccc1C(C)NC(=O)CN1CCN(CCOc2ccccc2)CC1. The smallest absolute Gasteiger partial charge is 0.234 e. The standard InChI is InChI=1S/C23H31N3O3/c1-19(21-10-6-7-11-22(21)28-2)24-23(27)18-26-14-12-25(13-15-26)16-17-29-20-8-4-3-5-9-20/h3-11,19H,12-18H2,1-2H3,(H,24,27). The molecule has 0 spiro atoms. The molecule has 6 nitrogen and oxygen atoms in total. The number of hydrogen-bond donors (Lipinski definition) is 1. The molecule has 156 valence electrons. The molecule has 0 aromatic heterocycles. The van der Waals surface area contributed by atoms with E-state index in [0.29, 0.717) is 13.2 Å². The van der Waals surface area contributed by atoms with Gasteiger partial charge >= 0.3 is 0 Å². The highest BCUT2D eigenvalue weighted by Crippen LogP contribution is 2.24. The minimum absolute atomic E-state index is 0.0456.